The normalized spacial score (nSPS) is 16.9. The average molecular weight is 318 g/mol. The molecule has 1 aliphatic heterocycles. The third-order valence-electron chi connectivity index (χ3n) is 4.53. The Morgan fingerprint density at radius 3 is 2.70 bits per heavy atom. The molecule has 3 rings (SSSR count). The molecule has 6 nitrogen and oxygen atoms in total. The highest BCUT2D eigenvalue weighted by Crippen LogP contribution is 2.32. The predicted molar refractivity (Wildman–Crippen MR) is 84.1 cm³/mol. The molecule has 1 aromatic carbocycles. The molecule has 1 saturated carbocycles. The molecule has 1 fully saturated rings. The largest absolute Gasteiger partial charge is 0.454 e. The third-order valence-corrected chi connectivity index (χ3v) is 4.53. The fraction of sp³-hybridized carbons (Fsp3) is 0.529. The lowest BCUT2D eigenvalue weighted by atomic mass is 9.94. The molecule has 1 aliphatic carbocycles. The van der Waals surface area contributed by atoms with Gasteiger partial charge in [0.1, 0.15) is 0 Å². The molecule has 6 heteroatoms. The van der Waals surface area contributed by atoms with E-state index in [9.17, 15) is 9.59 Å². The zero-order valence-corrected chi connectivity index (χ0v) is 13.3. The van der Waals surface area contributed by atoms with Gasteiger partial charge >= 0.3 is 11.8 Å². The second-order valence-electron chi connectivity index (χ2n) is 6.08. The first kappa shape index (κ1) is 15.6. The molecule has 2 amide bonds. The molecule has 0 aromatic heterocycles. The van der Waals surface area contributed by atoms with E-state index in [0.717, 1.165) is 31.2 Å². The summed E-state index contributed by atoms with van der Waals surface area (Å²) in [6.07, 6.45) is 5.44. The molecular formula is C17H22N2O4. The summed E-state index contributed by atoms with van der Waals surface area (Å²) in [5.41, 5.74) is 0.871. The van der Waals surface area contributed by atoms with Crippen molar-refractivity contribution in [1.29, 1.82) is 0 Å². The van der Waals surface area contributed by atoms with Crippen molar-refractivity contribution in [2.75, 3.05) is 13.8 Å². The number of amides is 2. The van der Waals surface area contributed by atoms with Crippen LogP contribution in [0.2, 0.25) is 0 Å². The topological polar surface area (TPSA) is 67.9 Å². The van der Waals surface area contributed by atoms with Gasteiger partial charge in [-0.25, -0.2) is 0 Å². The van der Waals surface area contributed by atoms with E-state index in [1.54, 1.807) is 18.0 Å². The fourth-order valence-electron chi connectivity index (χ4n) is 3.10. The van der Waals surface area contributed by atoms with Gasteiger partial charge < -0.3 is 19.7 Å². The first-order chi connectivity index (χ1) is 11.1. The Morgan fingerprint density at radius 1 is 1.17 bits per heavy atom. The van der Waals surface area contributed by atoms with Crippen LogP contribution in [0.3, 0.4) is 0 Å². The molecule has 1 heterocycles. The summed E-state index contributed by atoms with van der Waals surface area (Å²) in [6.45, 7) is 0.509. The fourth-order valence-corrected chi connectivity index (χ4v) is 3.10. The standard InChI is InChI=1S/C17H22N2O4/c1-19(13-5-3-2-4-6-13)17(21)16(20)18-10-12-7-8-14-15(9-12)23-11-22-14/h7-9,13H,2-6,10-11H2,1H3,(H,18,20). The lowest BCUT2D eigenvalue weighted by Gasteiger charge is -2.30. The predicted octanol–water partition coefficient (Wildman–Crippen LogP) is 1.82. The van der Waals surface area contributed by atoms with Crippen molar-refractivity contribution in [2.45, 2.75) is 44.7 Å². The molecular weight excluding hydrogens is 296 g/mol. The lowest BCUT2D eigenvalue weighted by Crippen LogP contribution is -2.46. The number of rotatable bonds is 3. The molecule has 0 unspecified atom stereocenters. The maximum absolute atomic E-state index is 12.2. The molecule has 0 saturated heterocycles. The van der Waals surface area contributed by atoms with Crippen molar-refractivity contribution in [1.82, 2.24) is 10.2 Å². The zero-order chi connectivity index (χ0) is 16.2. The van der Waals surface area contributed by atoms with Crippen LogP contribution in [0.4, 0.5) is 0 Å². The van der Waals surface area contributed by atoms with Crippen molar-refractivity contribution in [2.24, 2.45) is 0 Å². The van der Waals surface area contributed by atoms with E-state index in [1.807, 2.05) is 12.1 Å². The number of carbonyl (C=O) groups is 2. The van der Waals surface area contributed by atoms with E-state index in [4.69, 9.17) is 9.47 Å². The van der Waals surface area contributed by atoms with Gasteiger partial charge in [-0.3, -0.25) is 9.59 Å². The summed E-state index contributed by atoms with van der Waals surface area (Å²) in [5.74, 6) is 0.351. The second-order valence-corrected chi connectivity index (χ2v) is 6.08. The number of hydrogen-bond acceptors (Lipinski definition) is 4. The first-order valence-electron chi connectivity index (χ1n) is 8.08. The van der Waals surface area contributed by atoms with E-state index in [2.05, 4.69) is 5.32 Å². The van der Waals surface area contributed by atoms with E-state index in [-0.39, 0.29) is 12.8 Å². The van der Waals surface area contributed by atoms with E-state index in [1.165, 1.54) is 6.42 Å². The van der Waals surface area contributed by atoms with Crippen LogP contribution in [0.1, 0.15) is 37.7 Å². The molecule has 1 aromatic rings. The lowest BCUT2D eigenvalue weighted by molar-refractivity contribution is -0.146. The van der Waals surface area contributed by atoms with Crippen molar-refractivity contribution in [3.05, 3.63) is 23.8 Å². The molecule has 0 spiro atoms. The van der Waals surface area contributed by atoms with Gasteiger partial charge in [0.15, 0.2) is 11.5 Å². The Morgan fingerprint density at radius 2 is 1.91 bits per heavy atom. The number of nitrogens with zero attached hydrogens (tertiary/aromatic N) is 1. The van der Waals surface area contributed by atoms with Gasteiger partial charge in [0.05, 0.1) is 0 Å². The Bertz CT molecular complexity index is 596. The third kappa shape index (κ3) is 3.57. The van der Waals surface area contributed by atoms with Gasteiger partial charge in [-0.05, 0) is 30.5 Å². The summed E-state index contributed by atoms with van der Waals surface area (Å²) in [5, 5.41) is 2.68. The highest BCUT2D eigenvalue weighted by molar-refractivity contribution is 6.34. The van der Waals surface area contributed by atoms with Gasteiger partial charge in [0.25, 0.3) is 0 Å². The highest BCUT2D eigenvalue weighted by atomic mass is 16.7. The van der Waals surface area contributed by atoms with Gasteiger partial charge in [-0.1, -0.05) is 25.3 Å². The van der Waals surface area contributed by atoms with Gasteiger partial charge in [-0.2, -0.15) is 0 Å². The van der Waals surface area contributed by atoms with E-state index in [0.29, 0.717) is 18.0 Å². The van der Waals surface area contributed by atoms with Gasteiger partial charge in [-0.15, -0.1) is 0 Å². The zero-order valence-electron chi connectivity index (χ0n) is 13.3. The summed E-state index contributed by atoms with van der Waals surface area (Å²) in [6, 6.07) is 5.66. The van der Waals surface area contributed by atoms with Crippen molar-refractivity contribution in [3.8, 4) is 11.5 Å². The first-order valence-corrected chi connectivity index (χ1v) is 8.08. The minimum absolute atomic E-state index is 0.188. The SMILES string of the molecule is CN(C(=O)C(=O)NCc1ccc2c(c1)OCO2)C1CCCCC1. The average Bonchev–Trinajstić information content (AvgIpc) is 3.06. The van der Waals surface area contributed by atoms with Gasteiger partial charge in [0.2, 0.25) is 6.79 Å². The number of hydrogen-bond donors (Lipinski definition) is 1. The quantitative estimate of drug-likeness (QED) is 0.863. The molecule has 0 atom stereocenters. The van der Waals surface area contributed by atoms with Crippen LogP contribution in [0.15, 0.2) is 18.2 Å². The Kier molecular flexibility index (Phi) is 4.69. The maximum atomic E-state index is 12.2. The molecule has 0 bridgehead atoms. The van der Waals surface area contributed by atoms with Crippen molar-refractivity contribution < 1.29 is 19.1 Å². The Labute approximate surface area is 135 Å². The number of ether oxygens (including phenoxy) is 2. The van der Waals surface area contributed by atoms with Crippen LogP contribution in [0.5, 0.6) is 11.5 Å². The van der Waals surface area contributed by atoms with Crippen LogP contribution in [0, 0.1) is 0 Å². The van der Waals surface area contributed by atoms with Crippen molar-refractivity contribution >= 4 is 11.8 Å². The number of nitrogens with one attached hydrogen (secondary N) is 1. The molecule has 0 radical (unpaired) electrons. The number of benzene rings is 1. The number of likely N-dealkylation sites (N-methyl/N-ethyl adjacent to an activating group) is 1. The van der Waals surface area contributed by atoms with E-state index < -0.39 is 11.8 Å². The Hall–Kier alpha value is -2.24. The number of carbonyl (C=O) groups excluding carboxylic acids is 2. The van der Waals surface area contributed by atoms with Crippen molar-refractivity contribution in [3.63, 3.8) is 0 Å². The smallest absolute Gasteiger partial charge is 0.311 e. The molecule has 2 aliphatic rings. The monoisotopic (exact) mass is 318 g/mol. The minimum Gasteiger partial charge on any atom is -0.454 e. The molecule has 23 heavy (non-hydrogen) atoms. The second kappa shape index (κ2) is 6.89. The van der Waals surface area contributed by atoms with Crippen LogP contribution in [0.25, 0.3) is 0 Å². The molecule has 1 N–H and O–H groups in total. The number of fused-ring (bicyclic) bond motifs is 1. The Balaban J connectivity index is 1.53. The van der Waals surface area contributed by atoms with Crippen LogP contribution in [-0.2, 0) is 16.1 Å². The van der Waals surface area contributed by atoms with Gasteiger partial charge in [0, 0.05) is 19.6 Å². The minimum atomic E-state index is -0.559. The summed E-state index contributed by atoms with van der Waals surface area (Å²) < 4.78 is 10.5. The summed E-state index contributed by atoms with van der Waals surface area (Å²) in [4.78, 5) is 25.9. The van der Waals surface area contributed by atoms with Crippen LogP contribution < -0.4 is 14.8 Å². The highest BCUT2D eigenvalue weighted by Gasteiger charge is 2.26. The van der Waals surface area contributed by atoms with E-state index >= 15 is 0 Å². The summed E-state index contributed by atoms with van der Waals surface area (Å²) >= 11 is 0. The van der Waals surface area contributed by atoms with Crippen LogP contribution >= 0.6 is 0 Å². The van der Waals surface area contributed by atoms with Crippen LogP contribution in [-0.4, -0.2) is 36.6 Å². The summed E-state index contributed by atoms with van der Waals surface area (Å²) in [7, 11) is 1.72. The maximum Gasteiger partial charge on any atom is 0.311 e. The molecule has 124 valence electrons.